The fourth-order valence-corrected chi connectivity index (χ4v) is 2.90. The lowest BCUT2D eigenvalue weighted by Gasteiger charge is -2.10. The summed E-state index contributed by atoms with van der Waals surface area (Å²) in [5.41, 5.74) is 3.04. The molecule has 0 radical (unpaired) electrons. The van der Waals surface area contributed by atoms with Crippen LogP contribution in [0.1, 0.15) is 30.6 Å². The van der Waals surface area contributed by atoms with Crippen molar-refractivity contribution >= 4 is 16.5 Å². The number of thiazole rings is 1. The van der Waals surface area contributed by atoms with Gasteiger partial charge in [-0.25, -0.2) is 0 Å². The van der Waals surface area contributed by atoms with Gasteiger partial charge in [0.1, 0.15) is 0 Å². The van der Waals surface area contributed by atoms with E-state index in [0.717, 1.165) is 22.9 Å². The number of nitrogens with zero attached hydrogens (tertiary/aromatic N) is 2. The molecule has 1 N–H and O–H groups in total. The molecule has 1 aliphatic carbocycles. The van der Waals surface area contributed by atoms with Crippen LogP contribution < -0.4 is 15.1 Å². The molecule has 0 unspecified atom stereocenters. The van der Waals surface area contributed by atoms with Gasteiger partial charge in [0, 0.05) is 14.1 Å². The summed E-state index contributed by atoms with van der Waals surface area (Å²) in [6.07, 6.45) is 5.25. The maximum Gasteiger partial charge on any atom is 0.230 e. The molecular formula is C12H21N3O2S. The van der Waals surface area contributed by atoms with Crippen molar-refractivity contribution in [2.75, 3.05) is 26.1 Å². The van der Waals surface area contributed by atoms with Gasteiger partial charge in [0.15, 0.2) is 5.13 Å². The zero-order valence-electron chi connectivity index (χ0n) is 11.2. The minimum absolute atomic E-state index is 0.372. The molecule has 1 heterocycles. The number of hydrogen-bond donors (Lipinski definition) is 1. The van der Waals surface area contributed by atoms with Crippen molar-refractivity contribution in [3.05, 3.63) is 4.88 Å². The second kappa shape index (κ2) is 6.36. The Balaban J connectivity index is 1.87. The topological polar surface area (TPSA) is 46.6 Å². The molecule has 6 heteroatoms. The van der Waals surface area contributed by atoms with E-state index in [4.69, 9.17) is 9.57 Å². The number of hydroxylamine groups is 1. The lowest BCUT2D eigenvalue weighted by atomic mass is 10.3. The van der Waals surface area contributed by atoms with Crippen LogP contribution in [0.15, 0.2) is 0 Å². The first-order valence-electron chi connectivity index (χ1n) is 6.30. The highest BCUT2D eigenvalue weighted by Crippen LogP contribution is 2.30. The Morgan fingerprint density at radius 3 is 2.72 bits per heavy atom. The number of aromatic nitrogens is 1. The summed E-state index contributed by atoms with van der Waals surface area (Å²) in [6, 6.07) is 0. The Hall–Kier alpha value is -0.850. The number of nitrogens with one attached hydrogen (secondary N) is 1. The van der Waals surface area contributed by atoms with Crippen LogP contribution >= 0.6 is 11.3 Å². The highest BCUT2D eigenvalue weighted by Gasteiger charge is 2.17. The van der Waals surface area contributed by atoms with Crippen molar-refractivity contribution < 1.29 is 9.57 Å². The molecule has 1 saturated carbocycles. The van der Waals surface area contributed by atoms with Crippen LogP contribution in [0, 0.1) is 0 Å². The standard InChI is InChI=1S/C12H21N3O2S/c1-15(2)12-14-11(16-3)10(18-12)8-13-17-9-6-4-5-7-9/h9,13H,4-8H2,1-3H3. The highest BCUT2D eigenvalue weighted by atomic mass is 32.1. The van der Waals surface area contributed by atoms with Gasteiger partial charge < -0.3 is 9.64 Å². The quantitative estimate of drug-likeness (QED) is 0.804. The number of hydrogen-bond acceptors (Lipinski definition) is 6. The van der Waals surface area contributed by atoms with Crippen molar-refractivity contribution in [3.63, 3.8) is 0 Å². The van der Waals surface area contributed by atoms with Gasteiger partial charge >= 0.3 is 0 Å². The molecule has 0 saturated heterocycles. The van der Waals surface area contributed by atoms with Gasteiger partial charge in [-0.1, -0.05) is 24.2 Å². The Morgan fingerprint density at radius 1 is 1.39 bits per heavy atom. The van der Waals surface area contributed by atoms with Gasteiger partial charge in [-0.3, -0.25) is 4.84 Å². The molecule has 18 heavy (non-hydrogen) atoms. The lowest BCUT2D eigenvalue weighted by Crippen LogP contribution is -2.21. The third kappa shape index (κ3) is 3.34. The molecule has 1 fully saturated rings. The molecule has 0 aromatic carbocycles. The van der Waals surface area contributed by atoms with Gasteiger partial charge in [0.25, 0.3) is 0 Å². The zero-order chi connectivity index (χ0) is 13.0. The normalized spacial score (nSPS) is 16.2. The summed E-state index contributed by atoms with van der Waals surface area (Å²) in [5.74, 6) is 0.686. The molecule has 0 spiro atoms. The Kier molecular flexibility index (Phi) is 4.79. The maximum absolute atomic E-state index is 5.64. The highest BCUT2D eigenvalue weighted by molar-refractivity contribution is 7.15. The van der Waals surface area contributed by atoms with Crippen LogP contribution in [-0.2, 0) is 11.4 Å². The average Bonchev–Trinajstić information content (AvgIpc) is 2.97. The molecule has 0 atom stereocenters. The largest absolute Gasteiger partial charge is 0.480 e. The lowest BCUT2D eigenvalue weighted by molar-refractivity contribution is -0.0242. The van der Waals surface area contributed by atoms with E-state index in [0.29, 0.717) is 18.5 Å². The molecule has 0 aliphatic heterocycles. The first-order chi connectivity index (χ1) is 8.70. The van der Waals surface area contributed by atoms with Crippen LogP contribution in [-0.4, -0.2) is 32.3 Å². The van der Waals surface area contributed by atoms with Gasteiger partial charge in [-0.05, 0) is 12.8 Å². The van der Waals surface area contributed by atoms with Crippen molar-refractivity contribution in [2.45, 2.75) is 38.3 Å². The van der Waals surface area contributed by atoms with Crippen molar-refractivity contribution in [1.82, 2.24) is 10.5 Å². The predicted octanol–water partition coefficient (Wildman–Crippen LogP) is 2.18. The van der Waals surface area contributed by atoms with Gasteiger partial charge in [0.05, 0.1) is 24.6 Å². The van der Waals surface area contributed by atoms with E-state index in [1.807, 2.05) is 19.0 Å². The molecule has 1 aromatic heterocycles. The maximum atomic E-state index is 5.64. The predicted molar refractivity (Wildman–Crippen MR) is 73.2 cm³/mol. The second-order valence-corrected chi connectivity index (χ2v) is 5.73. The average molecular weight is 271 g/mol. The summed E-state index contributed by atoms with van der Waals surface area (Å²) in [4.78, 5) is 13.1. The fourth-order valence-electron chi connectivity index (χ4n) is 2.02. The Morgan fingerprint density at radius 2 is 2.11 bits per heavy atom. The van der Waals surface area contributed by atoms with Crippen LogP contribution in [0.2, 0.25) is 0 Å². The Bertz CT molecular complexity index is 375. The van der Waals surface area contributed by atoms with E-state index in [-0.39, 0.29) is 0 Å². The summed E-state index contributed by atoms with van der Waals surface area (Å²) in [6.45, 7) is 0.644. The molecule has 0 amide bonds. The summed E-state index contributed by atoms with van der Waals surface area (Å²) < 4.78 is 5.28. The van der Waals surface area contributed by atoms with Crippen molar-refractivity contribution in [3.8, 4) is 5.88 Å². The number of ether oxygens (including phenoxy) is 1. The molecule has 2 rings (SSSR count). The minimum atomic E-state index is 0.372. The zero-order valence-corrected chi connectivity index (χ0v) is 12.0. The third-order valence-electron chi connectivity index (χ3n) is 3.01. The second-order valence-electron chi connectivity index (χ2n) is 4.67. The van der Waals surface area contributed by atoms with E-state index >= 15 is 0 Å². The summed E-state index contributed by atoms with van der Waals surface area (Å²) in [5, 5.41) is 0.949. The summed E-state index contributed by atoms with van der Waals surface area (Å²) >= 11 is 1.62. The minimum Gasteiger partial charge on any atom is -0.480 e. The molecule has 0 bridgehead atoms. The molecule has 102 valence electrons. The molecule has 1 aliphatic rings. The van der Waals surface area contributed by atoms with E-state index in [9.17, 15) is 0 Å². The van der Waals surface area contributed by atoms with Gasteiger partial charge in [0.2, 0.25) is 5.88 Å². The van der Waals surface area contributed by atoms with Crippen LogP contribution in [0.4, 0.5) is 5.13 Å². The van der Waals surface area contributed by atoms with E-state index in [2.05, 4.69) is 10.5 Å². The first kappa shape index (κ1) is 13.6. The summed E-state index contributed by atoms with van der Waals surface area (Å²) in [7, 11) is 5.60. The number of anilines is 1. The van der Waals surface area contributed by atoms with Crippen LogP contribution in [0.25, 0.3) is 0 Å². The monoisotopic (exact) mass is 271 g/mol. The van der Waals surface area contributed by atoms with E-state index in [1.54, 1.807) is 18.4 Å². The molecule has 5 nitrogen and oxygen atoms in total. The van der Waals surface area contributed by atoms with Crippen molar-refractivity contribution in [2.24, 2.45) is 0 Å². The van der Waals surface area contributed by atoms with Crippen molar-refractivity contribution in [1.29, 1.82) is 0 Å². The number of rotatable bonds is 6. The first-order valence-corrected chi connectivity index (χ1v) is 7.12. The third-order valence-corrected chi connectivity index (χ3v) is 4.22. The van der Waals surface area contributed by atoms with Crippen LogP contribution in [0.3, 0.4) is 0 Å². The Labute approximate surface area is 112 Å². The smallest absolute Gasteiger partial charge is 0.230 e. The fraction of sp³-hybridized carbons (Fsp3) is 0.750. The van der Waals surface area contributed by atoms with Gasteiger partial charge in [-0.2, -0.15) is 10.5 Å². The van der Waals surface area contributed by atoms with Crippen LogP contribution in [0.5, 0.6) is 5.88 Å². The molecular weight excluding hydrogens is 250 g/mol. The van der Waals surface area contributed by atoms with Gasteiger partial charge in [-0.15, -0.1) is 0 Å². The SMILES string of the molecule is COc1nc(N(C)C)sc1CNOC1CCCC1. The van der Waals surface area contributed by atoms with E-state index in [1.165, 1.54) is 12.8 Å². The number of methoxy groups -OCH3 is 1. The van der Waals surface area contributed by atoms with E-state index < -0.39 is 0 Å². The molecule has 1 aromatic rings.